The molecule has 12 heteroatoms. The third-order valence-corrected chi connectivity index (χ3v) is 7.44. The Morgan fingerprint density at radius 1 is 1.11 bits per heavy atom. The number of nitrogens with zero attached hydrogens (tertiary/aromatic N) is 7. The highest BCUT2D eigenvalue weighted by molar-refractivity contribution is 7.10. The summed E-state index contributed by atoms with van der Waals surface area (Å²) in [7, 11) is 0. The number of fused-ring (bicyclic) bond motifs is 2. The fourth-order valence-electron chi connectivity index (χ4n) is 4.52. The quantitative estimate of drug-likeness (QED) is 0.386. The van der Waals surface area contributed by atoms with Crippen molar-refractivity contribution in [1.29, 1.82) is 0 Å². The Bertz CT molecular complexity index is 1580. The molecule has 2 amide bonds. The summed E-state index contributed by atoms with van der Waals surface area (Å²) in [6, 6.07) is 9.42. The van der Waals surface area contributed by atoms with Crippen LogP contribution in [0.4, 0.5) is 5.95 Å². The Labute approximate surface area is 209 Å². The van der Waals surface area contributed by atoms with Crippen LogP contribution in [-0.2, 0) is 0 Å². The number of nitrogens with one attached hydrogen (secondary N) is 2. The number of likely N-dealkylation sites (tertiary alicyclic amines) is 1. The van der Waals surface area contributed by atoms with Crippen LogP contribution in [-0.4, -0.2) is 64.6 Å². The normalized spacial score (nSPS) is 14.6. The third-order valence-electron chi connectivity index (χ3n) is 6.44. The Kier molecular flexibility index (Phi) is 5.44. The van der Waals surface area contributed by atoms with E-state index in [0.29, 0.717) is 41.8 Å². The average Bonchev–Trinajstić information content (AvgIpc) is 3.62. The highest BCUT2D eigenvalue weighted by Crippen LogP contribution is 2.31. The lowest BCUT2D eigenvalue weighted by atomic mass is 9.97. The predicted molar refractivity (Wildman–Crippen MR) is 134 cm³/mol. The number of amides is 2. The van der Waals surface area contributed by atoms with Crippen LogP contribution in [0.15, 0.2) is 35.7 Å². The second-order valence-electron chi connectivity index (χ2n) is 8.88. The van der Waals surface area contributed by atoms with Crippen molar-refractivity contribution in [3.63, 3.8) is 0 Å². The molecule has 4 aromatic heterocycles. The Morgan fingerprint density at radius 3 is 2.72 bits per heavy atom. The number of H-pyrrole nitrogens is 1. The van der Waals surface area contributed by atoms with E-state index >= 15 is 0 Å². The van der Waals surface area contributed by atoms with Gasteiger partial charge in [-0.15, -0.1) is 21.5 Å². The average molecular weight is 502 g/mol. The number of imidazole rings is 1. The first-order valence-corrected chi connectivity index (χ1v) is 12.5. The number of hydrogen-bond acceptors (Lipinski definition) is 8. The molecule has 0 bridgehead atoms. The van der Waals surface area contributed by atoms with Crippen molar-refractivity contribution in [3.8, 4) is 0 Å². The lowest BCUT2D eigenvalue weighted by Crippen LogP contribution is -2.39. The lowest BCUT2D eigenvalue weighted by Gasteiger charge is -2.31. The van der Waals surface area contributed by atoms with Crippen molar-refractivity contribution < 1.29 is 9.59 Å². The molecule has 6 rings (SSSR count). The van der Waals surface area contributed by atoms with Gasteiger partial charge in [0.15, 0.2) is 11.3 Å². The molecule has 1 saturated heterocycles. The molecule has 1 aliphatic rings. The Morgan fingerprint density at radius 2 is 1.92 bits per heavy atom. The number of rotatable bonds is 4. The van der Waals surface area contributed by atoms with Gasteiger partial charge in [-0.2, -0.15) is 5.10 Å². The minimum absolute atomic E-state index is 0.140. The number of carbonyl (C=O) groups is 2. The first-order valence-electron chi connectivity index (χ1n) is 11.7. The summed E-state index contributed by atoms with van der Waals surface area (Å²) in [5, 5.41) is 18.2. The Balaban J connectivity index is 1.10. The van der Waals surface area contributed by atoms with E-state index in [9.17, 15) is 9.59 Å². The highest BCUT2D eigenvalue weighted by atomic mass is 32.1. The molecule has 0 aliphatic carbocycles. The number of aromatic amines is 1. The summed E-state index contributed by atoms with van der Waals surface area (Å²) in [5.74, 6) is 0.140. The SMILES string of the molecule is Cc1cc2nnc(C(=O)N3CCC(c4nc(C(=O)Nc5nc6ccccc6[nH]5)cs4)CC3)c(C)n2n1. The van der Waals surface area contributed by atoms with Crippen LogP contribution >= 0.6 is 11.3 Å². The molecule has 5 heterocycles. The maximum absolute atomic E-state index is 13.2. The van der Waals surface area contributed by atoms with E-state index in [2.05, 4.69) is 35.6 Å². The summed E-state index contributed by atoms with van der Waals surface area (Å²) in [5.41, 5.74) is 4.46. The fourth-order valence-corrected chi connectivity index (χ4v) is 5.49. The van der Waals surface area contributed by atoms with E-state index in [1.807, 2.05) is 44.2 Å². The smallest absolute Gasteiger partial charge is 0.277 e. The lowest BCUT2D eigenvalue weighted by molar-refractivity contribution is 0.0704. The van der Waals surface area contributed by atoms with Gasteiger partial charge in [0.05, 0.1) is 27.4 Å². The monoisotopic (exact) mass is 501 g/mol. The van der Waals surface area contributed by atoms with Crippen molar-refractivity contribution >= 4 is 45.8 Å². The molecular formula is C24H23N9O2S. The molecular weight excluding hydrogens is 478 g/mol. The third kappa shape index (κ3) is 3.98. The number of piperidine rings is 1. The molecule has 1 aromatic carbocycles. The van der Waals surface area contributed by atoms with Crippen molar-refractivity contribution in [1.82, 2.24) is 39.7 Å². The standard InChI is InChI=1S/C24H23N9O2S/c1-13-11-19-29-30-20(14(2)33(19)31-13)23(35)32-9-7-15(8-10-32)22-25-18(12-36-22)21(34)28-24-26-16-5-3-4-6-17(16)27-24/h3-6,11-12,15H,7-10H2,1-2H3,(H2,26,27,28,34). The summed E-state index contributed by atoms with van der Waals surface area (Å²) in [4.78, 5) is 39.7. The second-order valence-corrected chi connectivity index (χ2v) is 9.77. The number of benzene rings is 1. The highest BCUT2D eigenvalue weighted by Gasteiger charge is 2.29. The summed E-state index contributed by atoms with van der Waals surface area (Å²) >= 11 is 1.47. The summed E-state index contributed by atoms with van der Waals surface area (Å²) in [6.07, 6.45) is 1.53. The maximum Gasteiger partial charge on any atom is 0.277 e. The van der Waals surface area contributed by atoms with Crippen LogP contribution in [0.3, 0.4) is 0 Å². The molecule has 1 fully saturated rings. The van der Waals surface area contributed by atoms with Gasteiger partial charge in [0, 0.05) is 30.5 Å². The van der Waals surface area contributed by atoms with Crippen molar-refractivity contribution in [3.05, 3.63) is 63.5 Å². The van der Waals surface area contributed by atoms with Gasteiger partial charge in [0.2, 0.25) is 5.95 Å². The number of aromatic nitrogens is 7. The van der Waals surface area contributed by atoms with Gasteiger partial charge in [-0.05, 0) is 38.8 Å². The molecule has 2 N–H and O–H groups in total. The van der Waals surface area contributed by atoms with Gasteiger partial charge in [0.1, 0.15) is 5.69 Å². The van der Waals surface area contributed by atoms with Crippen LogP contribution in [0.5, 0.6) is 0 Å². The summed E-state index contributed by atoms with van der Waals surface area (Å²) in [6.45, 7) is 4.89. The molecule has 0 radical (unpaired) electrons. The number of para-hydroxylation sites is 2. The number of anilines is 1. The minimum atomic E-state index is -0.303. The van der Waals surface area contributed by atoms with Crippen LogP contribution in [0, 0.1) is 13.8 Å². The first kappa shape index (κ1) is 22.3. The second kappa shape index (κ2) is 8.79. The topological polar surface area (TPSA) is 134 Å². The zero-order valence-corrected chi connectivity index (χ0v) is 20.5. The van der Waals surface area contributed by atoms with Gasteiger partial charge in [0.25, 0.3) is 11.8 Å². The van der Waals surface area contributed by atoms with Gasteiger partial charge >= 0.3 is 0 Å². The molecule has 5 aromatic rings. The molecule has 0 spiro atoms. The van der Waals surface area contributed by atoms with E-state index in [0.717, 1.165) is 34.6 Å². The van der Waals surface area contributed by atoms with Crippen molar-refractivity contribution in [2.75, 3.05) is 18.4 Å². The van der Waals surface area contributed by atoms with E-state index in [1.165, 1.54) is 11.3 Å². The van der Waals surface area contributed by atoms with Crippen molar-refractivity contribution in [2.24, 2.45) is 0 Å². The number of carbonyl (C=O) groups excluding carboxylic acids is 2. The van der Waals surface area contributed by atoms with Crippen molar-refractivity contribution in [2.45, 2.75) is 32.6 Å². The Hall–Kier alpha value is -4.19. The molecule has 0 unspecified atom stereocenters. The van der Waals surface area contributed by atoms with E-state index in [-0.39, 0.29) is 17.7 Å². The van der Waals surface area contributed by atoms with Crippen LogP contribution < -0.4 is 5.32 Å². The van der Waals surface area contributed by atoms with E-state index in [1.54, 1.807) is 14.8 Å². The van der Waals surface area contributed by atoms with E-state index < -0.39 is 0 Å². The summed E-state index contributed by atoms with van der Waals surface area (Å²) < 4.78 is 1.66. The number of hydrogen-bond donors (Lipinski definition) is 2. The molecule has 0 saturated carbocycles. The molecule has 182 valence electrons. The van der Waals surface area contributed by atoms with Gasteiger partial charge in [-0.1, -0.05) is 12.1 Å². The molecule has 0 atom stereocenters. The molecule has 1 aliphatic heterocycles. The van der Waals surface area contributed by atoms with Crippen LogP contribution in [0.2, 0.25) is 0 Å². The zero-order valence-electron chi connectivity index (χ0n) is 19.7. The van der Waals surface area contributed by atoms with E-state index in [4.69, 9.17) is 0 Å². The van der Waals surface area contributed by atoms with Gasteiger partial charge in [-0.25, -0.2) is 14.5 Å². The molecule has 36 heavy (non-hydrogen) atoms. The van der Waals surface area contributed by atoms with Crippen LogP contribution in [0.1, 0.15) is 56.1 Å². The van der Waals surface area contributed by atoms with Gasteiger partial charge < -0.3 is 9.88 Å². The number of thiazole rings is 1. The minimum Gasteiger partial charge on any atom is -0.337 e. The number of aryl methyl sites for hydroxylation is 2. The zero-order chi connectivity index (χ0) is 24.8. The van der Waals surface area contributed by atoms with Gasteiger partial charge in [-0.3, -0.25) is 14.9 Å². The maximum atomic E-state index is 13.2. The van der Waals surface area contributed by atoms with Crippen LogP contribution in [0.25, 0.3) is 16.7 Å². The molecule has 11 nitrogen and oxygen atoms in total. The largest absolute Gasteiger partial charge is 0.337 e. The predicted octanol–water partition coefficient (Wildman–Crippen LogP) is 3.35. The first-order chi connectivity index (χ1) is 17.5. The fraction of sp³-hybridized carbons (Fsp3) is 0.292.